The lowest BCUT2D eigenvalue weighted by Crippen LogP contribution is -2.39. The Morgan fingerprint density at radius 1 is 0.692 bits per heavy atom. The van der Waals surface area contributed by atoms with Gasteiger partial charge >= 0.3 is 0 Å². The van der Waals surface area contributed by atoms with Gasteiger partial charge in [-0.05, 0) is 132 Å². The average molecular weight is 388 g/mol. The van der Waals surface area contributed by atoms with Crippen LogP contribution in [0.25, 0.3) is 0 Å². The van der Waals surface area contributed by atoms with E-state index in [1.165, 1.54) is 64.2 Å². The molecule has 5 heteroatoms. The van der Waals surface area contributed by atoms with Gasteiger partial charge in [0.05, 0.1) is 0 Å². The second kappa shape index (κ2) is 13.3. The third kappa shape index (κ3) is 13.3. The first kappa shape index (κ1) is 26.1. The highest BCUT2D eigenvalue weighted by molar-refractivity contribution is 6.71. The fourth-order valence-electron chi connectivity index (χ4n) is 4.30. The molecule has 0 aliphatic rings. The summed E-state index contributed by atoms with van der Waals surface area (Å²) in [6.07, 6.45) is 7.93. The largest absolute Gasteiger partial charge is 0.418 e. The van der Waals surface area contributed by atoms with E-state index in [0.717, 1.165) is 6.61 Å². The van der Waals surface area contributed by atoms with Crippen molar-refractivity contribution in [2.24, 2.45) is 5.41 Å². The van der Waals surface area contributed by atoms with Crippen molar-refractivity contribution >= 4 is 8.32 Å². The van der Waals surface area contributed by atoms with Gasteiger partial charge in [-0.3, -0.25) is 0 Å². The molecule has 0 aliphatic heterocycles. The maximum absolute atomic E-state index is 6.27. The van der Waals surface area contributed by atoms with E-state index >= 15 is 0 Å². The Bertz CT molecular complexity index is 310. The molecule has 0 amide bonds. The second-order valence-electron chi connectivity index (χ2n) is 9.59. The van der Waals surface area contributed by atoms with Crippen LogP contribution in [0.3, 0.4) is 0 Å². The third-order valence-electron chi connectivity index (χ3n) is 5.27. The van der Waals surface area contributed by atoms with Crippen molar-refractivity contribution < 1.29 is 4.43 Å². The smallest absolute Gasteiger partial charge is 0.187 e. The molecule has 0 heterocycles. The SMILES string of the molecule is CCO[Si](C)(C)CC(CCCN(C)C)(CCCN(C)C)CCCN(C)C. The standard InChI is InChI=1S/C21H49N3OSi/c1-10-25-26(8,9)20-21(14-11-17-22(2)3,15-12-18-23(4)5)16-13-19-24(6)7/h10-20H2,1-9H3. The van der Waals surface area contributed by atoms with Gasteiger partial charge in [-0.2, -0.15) is 0 Å². The van der Waals surface area contributed by atoms with Crippen LogP contribution in [0.1, 0.15) is 45.4 Å². The second-order valence-corrected chi connectivity index (χ2v) is 13.8. The maximum atomic E-state index is 6.27. The predicted molar refractivity (Wildman–Crippen MR) is 120 cm³/mol. The minimum absolute atomic E-state index is 0.451. The molecule has 0 radical (unpaired) electrons. The molecular formula is C21H49N3OSi. The average Bonchev–Trinajstić information content (AvgIpc) is 2.45. The van der Waals surface area contributed by atoms with Crippen molar-refractivity contribution in [3.8, 4) is 0 Å². The van der Waals surface area contributed by atoms with Gasteiger partial charge in [0.2, 0.25) is 0 Å². The molecule has 0 rings (SSSR count). The molecule has 0 aromatic rings. The van der Waals surface area contributed by atoms with Crippen molar-refractivity contribution in [3.05, 3.63) is 0 Å². The van der Waals surface area contributed by atoms with Gasteiger partial charge in [-0.25, -0.2) is 0 Å². The molecule has 0 saturated carbocycles. The van der Waals surface area contributed by atoms with Crippen LogP contribution >= 0.6 is 0 Å². The summed E-state index contributed by atoms with van der Waals surface area (Å²) in [5, 5.41) is 0. The molecule has 0 unspecified atom stereocenters. The zero-order chi connectivity index (χ0) is 20.2. The monoisotopic (exact) mass is 387 g/mol. The minimum atomic E-state index is -1.61. The van der Waals surface area contributed by atoms with Crippen molar-refractivity contribution in [1.29, 1.82) is 0 Å². The van der Waals surface area contributed by atoms with E-state index in [1.807, 2.05) is 0 Å². The van der Waals surface area contributed by atoms with Crippen molar-refractivity contribution in [1.82, 2.24) is 14.7 Å². The van der Waals surface area contributed by atoms with Crippen LogP contribution in [0.2, 0.25) is 19.1 Å². The summed E-state index contributed by atoms with van der Waals surface area (Å²) < 4.78 is 6.27. The summed E-state index contributed by atoms with van der Waals surface area (Å²) in [6, 6.07) is 1.31. The molecule has 0 aromatic heterocycles. The molecule has 158 valence electrons. The van der Waals surface area contributed by atoms with Crippen LogP contribution in [0, 0.1) is 5.41 Å². The number of hydrogen-bond acceptors (Lipinski definition) is 4. The van der Waals surface area contributed by atoms with Crippen LogP contribution in [-0.2, 0) is 4.43 Å². The Balaban J connectivity index is 5.20. The molecule has 0 bridgehead atoms. The molecule has 0 saturated heterocycles. The lowest BCUT2D eigenvalue weighted by Gasteiger charge is -2.40. The van der Waals surface area contributed by atoms with Crippen LogP contribution in [-0.4, -0.2) is 91.5 Å². The fourth-order valence-corrected chi connectivity index (χ4v) is 7.52. The first-order chi connectivity index (χ1) is 12.0. The summed E-state index contributed by atoms with van der Waals surface area (Å²) >= 11 is 0. The summed E-state index contributed by atoms with van der Waals surface area (Å²) in [7, 11) is 11.5. The molecule has 0 aliphatic carbocycles. The predicted octanol–water partition coefficient (Wildman–Crippen LogP) is 4.24. The fraction of sp³-hybridized carbons (Fsp3) is 1.00. The molecule has 4 nitrogen and oxygen atoms in total. The van der Waals surface area contributed by atoms with Crippen molar-refractivity contribution in [3.63, 3.8) is 0 Å². The van der Waals surface area contributed by atoms with Crippen LogP contribution in [0.5, 0.6) is 0 Å². The third-order valence-corrected chi connectivity index (χ3v) is 7.94. The van der Waals surface area contributed by atoms with E-state index in [0.29, 0.717) is 5.41 Å². The Kier molecular flexibility index (Phi) is 13.3. The first-order valence-corrected chi connectivity index (χ1v) is 13.7. The maximum Gasteiger partial charge on any atom is 0.187 e. The topological polar surface area (TPSA) is 19.0 Å². The Morgan fingerprint density at radius 3 is 1.31 bits per heavy atom. The summed E-state index contributed by atoms with van der Waals surface area (Å²) in [6.45, 7) is 11.5. The van der Waals surface area contributed by atoms with Crippen LogP contribution in [0.15, 0.2) is 0 Å². The quantitative estimate of drug-likeness (QED) is 0.369. The van der Waals surface area contributed by atoms with Crippen LogP contribution in [0.4, 0.5) is 0 Å². The van der Waals surface area contributed by atoms with Gasteiger partial charge in [0.15, 0.2) is 8.32 Å². The highest BCUT2D eigenvalue weighted by atomic mass is 28.4. The van der Waals surface area contributed by atoms with Gasteiger partial charge in [-0.1, -0.05) is 0 Å². The lowest BCUT2D eigenvalue weighted by atomic mass is 9.76. The zero-order valence-electron chi connectivity index (χ0n) is 19.5. The highest BCUT2D eigenvalue weighted by Gasteiger charge is 2.37. The Hall–Kier alpha value is 0.0569. The van der Waals surface area contributed by atoms with Crippen molar-refractivity contribution in [2.75, 3.05) is 68.5 Å². The molecular weight excluding hydrogens is 338 g/mol. The van der Waals surface area contributed by atoms with E-state index in [2.05, 4.69) is 77.0 Å². The normalized spacial score (nSPS) is 13.4. The Labute approximate surface area is 166 Å². The number of hydrogen-bond donors (Lipinski definition) is 0. The number of rotatable bonds is 16. The molecule has 0 atom stereocenters. The van der Waals surface area contributed by atoms with E-state index in [1.54, 1.807) is 0 Å². The minimum Gasteiger partial charge on any atom is -0.418 e. The van der Waals surface area contributed by atoms with E-state index < -0.39 is 8.32 Å². The number of nitrogens with zero attached hydrogens (tertiary/aromatic N) is 3. The molecule has 0 aromatic carbocycles. The molecule has 0 spiro atoms. The highest BCUT2D eigenvalue weighted by Crippen LogP contribution is 2.43. The summed E-state index contributed by atoms with van der Waals surface area (Å²) in [5.41, 5.74) is 0.451. The molecule has 0 N–H and O–H groups in total. The molecule has 26 heavy (non-hydrogen) atoms. The first-order valence-electron chi connectivity index (χ1n) is 10.6. The van der Waals surface area contributed by atoms with Gasteiger partial charge < -0.3 is 19.1 Å². The van der Waals surface area contributed by atoms with Crippen LogP contribution < -0.4 is 0 Å². The van der Waals surface area contributed by atoms with Gasteiger partial charge in [0, 0.05) is 6.61 Å². The van der Waals surface area contributed by atoms with E-state index in [-0.39, 0.29) is 0 Å². The summed E-state index contributed by atoms with van der Waals surface area (Å²) in [5.74, 6) is 0. The zero-order valence-corrected chi connectivity index (χ0v) is 20.5. The van der Waals surface area contributed by atoms with Crippen molar-refractivity contribution in [2.45, 2.75) is 64.6 Å². The van der Waals surface area contributed by atoms with E-state index in [4.69, 9.17) is 4.43 Å². The van der Waals surface area contributed by atoms with Gasteiger partial charge in [-0.15, -0.1) is 0 Å². The summed E-state index contributed by atoms with van der Waals surface area (Å²) in [4.78, 5) is 6.99. The van der Waals surface area contributed by atoms with Gasteiger partial charge in [0.1, 0.15) is 0 Å². The Morgan fingerprint density at radius 2 is 1.04 bits per heavy atom. The van der Waals surface area contributed by atoms with E-state index in [9.17, 15) is 0 Å². The lowest BCUT2D eigenvalue weighted by molar-refractivity contribution is 0.188. The molecule has 0 fully saturated rings. The van der Waals surface area contributed by atoms with Gasteiger partial charge in [0.25, 0.3) is 0 Å².